The molecule has 2 aromatic carbocycles. The maximum absolute atomic E-state index is 12.4. The Kier molecular flexibility index (Phi) is 5.87. The number of carbonyl (C=O) groups excluding carboxylic acids is 1. The van der Waals surface area contributed by atoms with E-state index in [1.165, 1.54) is 11.1 Å². The molecule has 3 nitrogen and oxygen atoms in total. The lowest BCUT2D eigenvalue weighted by molar-refractivity contribution is -0.121. The van der Waals surface area contributed by atoms with Crippen LogP contribution in [0.25, 0.3) is 0 Å². The fourth-order valence-electron chi connectivity index (χ4n) is 3.29. The van der Waals surface area contributed by atoms with Crippen molar-refractivity contribution in [3.63, 3.8) is 0 Å². The first-order valence-electron chi connectivity index (χ1n) is 8.47. The monoisotopic (exact) mass is 377 g/mol. The maximum Gasteiger partial charge on any atom is 0.220 e. The highest BCUT2D eigenvalue weighted by Crippen LogP contribution is 2.32. The third kappa shape index (κ3) is 4.47. The molecule has 1 N–H and O–H groups in total. The van der Waals surface area contributed by atoms with Gasteiger partial charge in [0.25, 0.3) is 0 Å². The van der Waals surface area contributed by atoms with Gasteiger partial charge < -0.3 is 10.1 Å². The van der Waals surface area contributed by atoms with Crippen LogP contribution in [0.4, 0.5) is 0 Å². The van der Waals surface area contributed by atoms with Crippen LogP contribution >= 0.6 is 23.2 Å². The normalized spacial score (nSPS) is 16.2. The highest BCUT2D eigenvalue weighted by Gasteiger charge is 2.22. The summed E-state index contributed by atoms with van der Waals surface area (Å²) >= 11 is 11.9. The van der Waals surface area contributed by atoms with Crippen LogP contribution in [0.15, 0.2) is 36.4 Å². The van der Waals surface area contributed by atoms with Gasteiger partial charge in [-0.15, -0.1) is 0 Å². The van der Waals surface area contributed by atoms with Crippen molar-refractivity contribution in [2.75, 3.05) is 7.11 Å². The summed E-state index contributed by atoms with van der Waals surface area (Å²) in [6.45, 7) is 0. The summed E-state index contributed by atoms with van der Waals surface area (Å²) in [5.74, 6) is 0.921. The molecule has 1 unspecified atom stereocenters. The molecule has 0 aliphatic heterocycles. The van der Waals surface area contributed by atoms with E-state index in [9.17, 15) is 4.79 Å². The van der Waals surface area contributed by atoms with Crippen molar-refractivity contribution < 1.29 is 9.53 Å². The molecule has 25 heavy (non-hydrogen) atoms. The van der Waals surface area contributed by atoms with Gasteiger partial charge in [0.1, 0.15) is 5.75 Å². The molecule has 1 amide bonds. The molecule has 0 heterocycles. The second-order valence-corrected chi connectivity index (χ2v) is 7.14. The van der Waals surface area contributed by atoms with Crippen LogP contribution in [-0.4, -0.2) is 13.0 Å². The first-order chi connectivity index (χ1) is 12.1. The Labute approximate surface area is 158 Å². The molecule has 0 radical (unpaired) electrons. The third-order valence-electron chi connectivity index (χ3n) is 4.62. The molecule has 1 atom stereocenters. The lowest BCUT2D eigenvalue weighted by Gasteiger charge is -2.27. The number of halogens is 2. The Morgan fingerprint density at radius 2 is 2.04 bits per heavy atom. The summed E-state index contributed by atoms with van der Waals surface area (Å²) in [6.07, 6.45) is 4.14. The van der Waals surface area contributed by atoms with Crippen LogP contribution < -0.4 is 10.1 Å². The highest BCUT2D eigenvalue weighted by atomic mass is 35.5. The van der Waals surface area contributed by atoms with Crippen LogP contribution in [0, 0.1) is 0 Å². The number of fused-ring (bicyclic) bond motifs is 1. The average molecular weight is 378 g/mol. The number of nitrogens with one attached hydrogen (secondary N) is 1. The van der Waals surface area contributed by atoms with Gasteiger partial charge in [-0.3, -0.25) is 4.79 Å². The Morgan fingerprint density at radius 1 is 1.20 bits per heavy atom. The van der Waals surface area contributed by atoms with Gasteiger partial charge in [-0.05, 0) is 66.6 Å². The minimum Gasteiger partial charge on any atom is -0.497 e. The zero-order valence-electron chi connectivity index (χ0n) is 14.1. The molecule has 1 aliphatic rings. The predicted octanol–water partition coefficient (Wildman–Crippen LogP) is 5.13. The number of hydrogen-bond acceptors (Lipinski definition) is 2. The Bertz CT molecular complexity index is 776. The van der Waals surface area contributed by atoms with Gasteiger partial charge in [0.05, 0.1) is 23.2 Å². The number of rotatable bonds is 5. The summed E-state index contributed by atoms with van der Waals surface area (Å²) in [5, 5.41) is 4.22. The number of aryl methyl sites for hydroxylation is 2. The zero-order valence-corrected chi connectivity index (χ0v) is 15.7. The van der Waals surface area contributed by atoms with Gasteiger partial charge in [-0.1, -0.05) is 35.3 Å². The van der Waals surface area contributed by atoms with Gasteiger partial charge in [-0.2, -0.15) is 0 Å². The molecule has 0 aromatic heterocycles. The SMILES string of the molecule is COc1ccc2c(c1)CCCC2NC(=O)CCc1ccc(Cl)c(Cl)c1. The van der Waals surface area contributed by atoms with Crippen LogP contribution in [-0.2, 0) is 17.6 Å². The van der Waals surface area contributed by atoms with Gasteiger partial charge in [-0.25, -0.2) is 0 Å². The topological polar surface area (TPSA) is 38.3 Å². The summed E-state index contributed by atoms with van der Waals surface area (Å²) in [7, 11) is 1.67. The quantitative estimate of drug-likeness (QED) is 0.784. The molecular formula is C20H21Cl2NO2. The Balaban J connectivity index is 1.61. The van der Waals surface area contributed by atoms with Crippen LogP contribution in [0.3, 0.4) is 0 Å². The van der Waals surface area contributed by atoms with Crippen LogP contribution in [0.5, 0.6) is 5.75 Å². The van der Waals surface area contributed by atoms with Crippen LogP contribution in [0.2, 0.25) is 10.0 Å². The average Bonchev–Trinajstić information content (AvgIpc) is 2.62. The minimum atomic E-state index is 0.0553. The Morgan fingerprint density at radius 3 is 2.80 bits per heavy atom. The number of ether oxygens (including phenoxy) is 1. The lowest BCUT2D eigenvalue weighted by atomic mass is 9.87. The van der Waals surface area contributed by atoms with Gasteiger partial charge in [0, 0.05) is 6.42 Å². The number of carbonyl (C=O) groups is 1. The van der Waals surface area contributed by atoms with E-state index in [-0.39, 0.29) is 11.9 Å². The third-order valence-corrected chi connectivity index (χ3v) is 5.36. The number of amides is 1. The summed E-state index contributed by atoms with van der Waals surface area (Å²) in [4.78, 5) is 12.4. The molecule has 0 spiro atoms. The van der Waals surface area contributed by atoms with Crippen molar-refractivity contribution >= 4 is 29.1 Å². The van der Waals surface area contributed by atoms with Crippen molar-refractivity contribution in [3.05, 3.63) is 63.1 Å². The number of benzene rings is 2. The second-order valence-electron chi connectivity index (χ2n) is 6.33. The van der Waals surface area contributed by atoms with E-state index in [2.05, 4.69) is 17.4 Å². The van der Waals surface area contributed by atoms with E-state index in [1.54, 1.807) is 13.2 Å². The van der Waals surface area contributed by atoms with Gasteiger partial charge in [0.15, 0.2) is 0 Å². The molecule has 1 aliphatic carbocycles. The van der Waals surface area contributed by atoms with E-state index in [0.717, 1.165) is 30.6 Å². The number of methoxy groups -OCH3 is 1. The molecule has 0 bridgehead atoms. The standard InChI is InChI=1S/C20H21Cl2NO2/c1-25-15-7-8-16-14(12-15)3-2-4-19(16)23-20(24)10-6-13-5-9-17(21)18(22)11-13/h5,7-9,11-12,19H,2-4,6,10H2,1H3,(H,23,24). The van der Waals surface area contributed by atoms with E-state index in [0.29, 0.717) is 22.9 Å². The minimum absolute atomic E-state index is 0.0553. The maximum atomic E-state index is 12.4. The first kappa shape index (κ1) is 18.1. The van der Waals surface area contributed by atoms with Crippen molar-refractivity contribution in [2.45, 2.75) is 38.1 Å². The molecule has 5 heteroatoms. The van der Waals surface area contributed by atoms with E-state index >= 15 is 0 Å². The van der Waals surface area contributed by atoms with E-state index < -0.39 is 0 Å². The van der Waals surface area contributed by atoms with Crippen molar-refractivity contribution in [1.82, 2.24) is 5.32 Å². The van der Waals surface area contributed by atoms with Crippen molar-refractivity contribution in [2.24, 2.45) is 0 Å². The predicted molar refractivity (Wildman–Crippen MR) is 102 cm³/mol. The largest absolute Gasteiger partial charge is 0.497 e. The van der Waals surface area contributed by atoms with E-state index in [4.69, 9.17) is 27.9 Å². The molecule has 0 saturated carbocycles. The second kappa shape index (κ2) is 8.11. The molecule has 132 valence electrons. The Hall–Kier alpha value is -1.71. The van der Waals surface area contributed by atoms with Gasteiger partial charge >= 0.3 is 0 Å². The molecular weight excluding hydrogens is 357 g/mol. The van der Waals surface area contributed by atoms with E-state index in [1.807, 2.05) is 18.2 Å². The lowest BCUT2D eigenvalue weighted by Crippen LogP contribution is -2.31. The highest BCUT2D eigenvalue weighted by molar-refractivity contribution is 6.42. The summed E-state index contributed by atoms with van der Waals surface area (Å²) in [6, 6.07) is 11.7. The molecule has 0 fully saturated rings. The van der Waals surface area contributed by atoms with Crippen molar-refractivity contribution in [3.8, 4) is 5.75 Å². The van der Waals surface area contributed by atoms with Crippen LogP contribution in [0.1, 0.15) is 42.0 Å². The fourth-order valence-corrected chi connectivity index (χ4v) is 3.61. The summed E-state index contributed by atoms with van der Waals surface area (Å²) in [5.41, 5.74) is 3.48. The number of hydrogen-bond donors (Lipinski definition) is 1. The molecule has 0 saturated heterocycles. The smallest absolute Gasteiger partial charge is 0.220 e. The van der Waals surface area contributed by atoms with Crippen molar-refractivity contribution in [1.29, 1.82) is 0 Å². The molecule has 3 rings (SSSR count). The zero-order chi connectivity index (χ0) is 17.8. The van der Waals surface area contributed by atoms with Gasteiger partial charge in [0.2, 0.25) is 5.91 Å². The molecule has 2 aromatic rings. The fraction of sp³-hybridized carbons (Fsp3) is 0.350. The first-order valence-corrected chi connectivity index (χ1v) is 9.22. The summed E-state index contributed by atoms with van der Waals surface area (Å²) < 4.78 is 5.29.